The van der Waals surface area contributed by atoms with E-state index in [0.29, 0.717) is 17.1 Å². The molecule has 4 saturated carbocycles. The summed E-state index contributed by atoms with van der Waals surface area (Å²) in [6.07, 6.45) is 14.1. The highest BCUT2D eigenvalue weighted by molar-refractivity contribution is 9.10. The second-order valence-electron chi connectivity index (χ2n) is 10.6. The molecule has 1 aromatic rings. The van der Waals surface area contributed by atoms with E-state index in [1.54, 1.807) is 0 Å². The van der Waals surface area contributed by atoms with Crippen LogP contribution in [0.1, 0.15) is 77.2 Å². The largest absolute Gasteiger partial charge is 0.294 e. The normalized spacial score (nSPS) is 44.1. The smallest absolute Gasteiger partial charge is 0.165 e. The van der Waals surface area contributed by atoms with Gasteiger partial charge in [-0.15, -0.1) is 0 Å². The van der Waals surface area contributed by atoms with Crippen molar-refractivity contribution < 1.29 is 4.79 Å². The SMILES string of the molecule is C[C@]12CCCC[C@H]1CC[C@H]1[C@H]2CC[C@]2(C)C(=O)/C(=C/c3cccc(Br)c3)C[C@H]12. The minimum Gasteiger partial charge on any atom is -0.294 e. The van der Waals surface area contributed by atoms with Gasteiger partial charge in [0.05, 0.1) is 0 Å². The molecular formula is C26H33BrO. The monoisotopic (exact) mass is 440 g/mol. The summed E-state index contributed by atoms with van der Waals surface area (Å²) in [4.78, 5) is 13.5. The number of hydrogen-bond donors (Lipinski definition) is 0. The average molecular weight is 441 g/mol. The average Bonchev–Trinajstić information content (AvgIpc) is 2.92. The molecular weight excluding hydrogens is 408 g/mol. The van der Waals surface area contributed by atoms with Crippen molar-refractivity contribution in [2.45, 2.75) is 71.6 Å². The molecule has 5 rings (SSSR count). The number of Topliss-reactive ketones (excluding diaryl/α,β-unsaturated/α-hetero) is 1. The Kier molecular flexibility index (Phi) is 4.66. The van der Waals surface area contributed by atoms with Gasteiger partial charge in [0, 0.05) is 9.89 Å². The zero-order chi connectivity index (χ0) is 19.5. The molecule has 4 aliphatic carbocycles. The van der Waals surface area contributed by atoms with Crippen LogP contribution in [-0.4, -0.2) is 5.78 Å². The molecule has 0 bridgehead atoms. The minimum atomic E-state index is -0.114. The summed E-state index contributed by atoms with van der Waals surface area (Å²) < 4.78 is 1.08. The van der Waals surface area contributed by atoms with E-state index < -0.39 is 0 Å². The number of rotatable bonds is 1. The first-order valence-electron chi connectivity index (χ1n) is 11.4. The molecule has 1 aromatic carbocycles. The maximum Gasteiger partial charge on any atom is 0.165 e. The van der Waals surface area contributed by atoms with Crippen LogP contribution in [0.3, 0.4) is 0 Å². The number of benzene rings is 1. The fourth-order valence-corrected chi connectivity index (χ4v) is 8.31. The molecule has 6 atom stereocenters. The molecule has 0 heterocycles. The van der Waals surface area contributed by atoms with Crippen LogP contribution in [0.4, 0.5) is 0 Å². The molecule has 0 spiro atoms. The molecule has 4 aliphatic rings. The maximum absolute atomic E-state index is 13.5. The summed E-state index contributed by atoms with van der Waals surface area (Å²) in [6.45, 7) is 4.92. The van der Waals surface area contributed by atoms with Gasteiger partial charge in [0.1, 0.15) is 0 Å². The van der Waals surface area contributed by atoms with Crippen molar-refractivity contribution in [3.05, 3.63) is 39.9 Å². The number of fused-ring (bicyclic) bond motifs is 5. The number of hydrogen-bond acceptors (Lipinski definition) is 1. The van der Waals surface area contributed by atoms with Gasteiger partial charge in [-0.3, -0.25) is 4.79 Å². The lowest BCUT2D eigenvalue weighted by molar-refractivity contribution is -0.137. The van der Waals surface area contributed by atoms with E-state index in [-0.39, 0.29) is 5.41 Å². The first-order valence-corrected chi connectivity index (χ1v) is 12.2. The van der Waals surface area contributed by atoms with Crippen LogP contribution in [0.2, 0.25) is 0 Å². The highest BCUT2D eigenvalue weighted by Crippen LogP contribution is 2.66. The van der Waals surface area contributed by atoms with Gasteiger partial charge in [0.2, 0.25) is 0 Å². The van der Waals surface area contributed by atoms with Crippen molar-refractivity contribution in [3.63, 3.8) is 0 Å². The Hall–Kier alpha value is -0.890. The van der Waals surface area contributed by atoms with Crippen molar-refractivity contribution in [2.75, 3.05) is 0 Å². The van der Waals surface area contributed by atoms with Crippen molar-refractivity contribution >= 4 is 27.8 Å². The fourth-order valence-electron chi connectivity index (χ4n) is 7.89. The molecule has 0 amide bonds. The summed E-state index contributed by atoms with van der Waals surface area (Å²) in [7, 11) is 0. The highest BCUT2D eigenvalue weighted by Gasteiger charge is 2.60. The van der Waals surface area contributed by atoms with Crippen molar-refractivity contribution in [2.24, 2.45) is 34.5 Å². The van der Waals surface area contributed by atoms with Crippen molar-refractivity contribution in [1.82, 2.24) is 0 Å². The number of allylic oxidation sites excluding steroid dienone is 1. The summed E-state index contributed by atoms with van der Waals surface area (Å²) >= 11 is 3.57. The van der Waals surface area contributed by atoms with E-state index in [0.717, 1.165) is 46.2 Å². The second-order valence-corrected chi connectivity index (χ2v) is 11.5. The topological polar surface area (TPSA) is 17.1 Å². The Morgan fingerprint density at radius 1 is 1.04 bits per heavy atom. The van der Waals surface area contributed by atoms with Crippen molar-refractivity contribution in [3.8, 4) is 0 Å². The van der Waals surface area contributed by atoms with Gasteiger partial charge in [0.25, 0.3) is 0 Å². The predicted molar refractivity (Wildman–Crippen MR) is 119 cm³/mol. The van der Waals surface area contributed by atoms with Crippen LogP contribution in [0, 0.1) is 34.5 Å². The predicted octanol–water partition coefficient (Wildman–Crippen LogP) is 7.44. The van der Waals surface area contributed by atoms with Crippen LogP contribution in [0.25, 0.3) is 6.08 Å². The van der Waals surface area contributed by atoms with Crippen LogP contribution in [0.5, 0.6) is 0 Å². The van der Waals surface area contributed by atoms with E-state index in [1.807, 2.05) is 6.07 Å². The third kappa shape index (κ3) is 2.81. The lowest BCUT2D eigenvalue weighted by atomic mass is 9.45. The third-order valence-electron chi connectivity index (χ3n) is 9.41. The highest BCUT2D eigenvalue weighted by atomic mass is 79.9. The first kappa shape index (κ1) is 19.1. The van der Waals surface area contributed by atoms with Gasteiger partial charge < -0.3 is 0 Å². The molecule has 0 radical (unpaired) electrons. The zero-order valence-electron chi connectivity index (χ0n) is 17.3. The van der Waals surface area contributed by atoms with E-state index in [4.69, 9.17) is 0 Å². The van der Waals surface area contributed by atoms with Gasteiger partial charge in [-0.1, -0.05) is 54.8 Å². The van der Waals surface area contributed by atoms with Gasteiger partial charge in [-0.25, -0.2) is 0 Å². The lowest BCUT2D eigenvalue weighted by Crippen LogP contribution is -2.52. The lowest BCUT2D eigenvalue weighted by Gasteiger charge is -2.59. The van der Waals surface area contributed by atoms with Crippen LogP contribution in [0.15, 0.2) is 34.3 Å². The molecule has 0 N–H and O–H groups in total. The van der Waals surface area contributed by atoms with Crippen LogP contribution >= 0.6 is 15.9 Å². The second kappa shape index (κ2) is 6.83. The Morgan fingerprint density at radius 2 is 1.89 bits per heavy atom. The Labute approximate surface area is 178 Å². The molecule has 1 nitrogen and oxygen atoms in total. The van der Waals surface area contributed by atoms with Crippen molar-refractivity contribution in [1.29, 1.82) is 0 Å². The van der Waals surface area contributed by atoms with Gasteiger partial charge in [0.15, 0.2) is 5.78 Å². The Bertz CT molecular complexity index is 825. The van der Waals surface area contributed by atoms with Crippen LogP contribution < -0.4 is 0 Å². The molecule has 0 unspecified atom stereocenters. The molecule has 0 aliphatic heterocycles. The quantitative estimate of drug-likeness (QED) is 0.414. The molecule has 4 fully saturated rings. The summed E-state index contributed by atoms with van der Waals surface area (Å²) in [6, 6.07) is 8.35. The minimum absolute atomic E-state index is 0.114. The molecule has 28 heavy (non-hydrogen) atoms. The molecule has 150 valence electrons. The van der Waals surface area contributed by atoms with Gasteiger partial charge in [-0.2, -0.15) is 0 Å². The number of carbonyl (C=O) groups is 1. The molecule has 0 aromatic heterocycles. The number of ketones is 1. The van der Waals surface area contributed by atoms with Gasteiger partial charge in [-0.05, 0) is 103 Å². The third-order valence-corrected chi connectivity index (χ3v) is 9.91. The molecule has 0 saturated heterocycles. The van der Waals surface area contributed by atoms with E-state index in [9.17, 15) is 4.79 Å². The maximum atomic E-state index is 13.5. The fraction of sp³-hybridized carbons (Fsp3) is 0.654. The van der Waals surface area contributed by atoms with E-state index in [1.165, 1.54) is 44.9 Å². The summed E-state index contributed by atoms with van der Waals surface area (Å²) in [5.41, 5.74) is 2.67. The Morgan fingerprint density at radius 3 is 2.71 bits per heavy atom. The number of halogens is 1. The molecule has 2 heteroatoms. The summed E-state index contributed by atoms with van der Waals surface area (Å²) in [5.74, 6) is 3.57. The number of carbonyl (C=O) groups excluding carboxylic acids is 1. The zero-order valence-corrected chi connectivity index (χ0v) is 18.9. The summed E-state index contributed by atoms with van der Waals surface area (Å²) in [5, 5.41) is 0. The van der Waals surface area contributed by atoms with Gasteiger partial charge >= 0.3 is 0 Å². The first-order chi connectivity index (χ1) is 13.4. The standard InChI is InChI=1S/C26H33BrO/c1-25-12-4-3-7-19(25)9-10-21-22(25)11-13-26(2)23(21)16-18(24(26)28)14-17-6-5-8-20(27)15-17/h5-6,8,14-15,19,21-23H,3-4,7,9-13,16H2,1-2H3/b18-14+/t19-,21-,22+,23+,25-,26-/m0/s1. The van der Waals surface area contributed by atoms with E-state index >= 15 is 0 Å². The Balaban J connectivity index is 1.46. The van der Waals surface area contributed by atoms with Crippen LogP contribution in [-0.2, 0) is 4.79 Å². The van der Waals surface area contributed by atoms with E-state index in [2.05, 4.69) is 54.1 Å².